The summed E-state index contributed by atoms with van der Waals surface area (Å²) in [5.74, 6) is 0.258. The molecule has 1 N–H and O–H groups in total. The molecule has 2 aromatic carbocycles. The van der Waals surface area contributed by atoms with E-state index in [0.29, 0.717) is 11.0 Å². The predicted octanol–water partition coefficient (Wildman–Crippen LogP) is 3.52. The third kappa shape index (κ3) is 2.57. The van der Waals surface area contributed by atoms with Gasteiger partial charge in [0.15, 0.2) is 0 Å². The number of aromatic nitrogens is 4. The second kappa shape index (κ2) is 5.48. The van der Waals surface area contributed by atoms with Gasteiger partial charge in [0.25, 0.3) is 0 Å². The summed E-state index contributed by atoms with van der Waals surface area (Å²) in [6.07, 6.45) is 2.00. The Balaban J connectivity index is 1.79. The minimum absolute atomic E-state index is 0.215. The van der Waals surface area contributed by atoms with Gasteiger partial charge in [0.1, 0.15) is 11.9 Å². The fourth-order valence-corrected chi connectivity index (χ4v) is 2.68. The first-order valence-electron chi connectivity index (χ1n) is 6.99. The summed E-state index contributed by atoms with van der Waals surface area (Å²) in [6, 6.07) is 13.6. The average Bonchev–Trinajstić information content (AvgIpc) is 3.04. The molecule has 4 rings (SSSR count). The number of hydrogen-bond acceptors (Lipinski definition) is 4. The molecule has 0 radical (unpaired) electrons. The van der Waals surface area contributed by atoms with Gasteiger partial charge in [-0.15, -0.1) is 0 Å². The van der Waals surface area contributed by atoms with Crippen LogP contribution in [0.4, 0.5) is 10.3 Å². The van der Waals surface area contributed by atoms with Crippen molar-refractivity contribution < 1.29 is 4.39 Å². The smallest absolute Gasteiger partial charge is 0.248 e. The zero-order valence-electron chi connectivity index (χ0n) is 11.8. The van der Waals surface area contributed by atoms with Crippen LogP contribution in [0, 0.1) is 5.82 Å². The summed E-state index contributed by atoms with van der Waals surface area (Å²) >= 11 is 5.94. The molecule has 5 nitrogen and oxygen atoms in total. The minimum Gasteiger partial charge on any atom is -0.323 e. The van der Waals surface area contributed by atoms with Gasteiger partial charge in [0.05, 0.1) is 0 Å². The van der Waals surface area contributed by atoms with Crippen molar-refractivity contribution in [2.24, 2.45) is 0 Å². The number of allylic oxidation sites excluding steroid dienone is 1. The minimum atomic E-state index is -0.276. The monoisotopic (exact) mass is 327 g/mol. The number of halogens is 2. The van der Waals surface area contributed by atoms with Crippen LogP contribution in [0.15, 0.2) is 54.6 Å². The molecule has 0 bridgehead atoms. The number of rotatable bonds is 2. The van der Waals surface area contributed by atoms with Crippen molar-refractivity contribution in [3.63, 3.8) is 0 Å². The van der Waals surface area contributed by atoms with E-state index in [1.54, 1.807) is 16.8 Å². The highest BCUT2D eigenvalue weighted by molar-refractivity contribution is 6.30. The maximum atomic E-state index is 13.2. The molecule has 0 amide bonds. The van der Waals surface area contributed by atoms with Crippen LogP contribution < -0.4 is 5.32 Å². The molecule has 0 spiro atoms. The molecule has 1 atom stereocenters. The van der Waals surface area contributed by atoms with Gasteiger partial charge in [-0.1, -0.05) is 41.0 Å². The SMILES string of the molecule is Fc1ccc([C@@H]2C=C(c3ccc(Cl)cc3)Nc3nnnn32)cc1. The third-order valence-corrected chi connectivity index (χ3v) is 3.95. The molecule has 2 heterocycles. The molecule has 1 aromatic heterocycles. The van der Waals surface area contributed by atoms with Crippen molar-refractivity contribution in [3.05, 3.63) is 76.6 Å². The number of nitrogens with one attached hydrogen (secondary N) is 1. The van der Waals surface area contributed by atoms with E-state index in [4.69, 9.17) is 11.6 Å². The highest BCUT2D eigenvalue weighted by atomic mass is 35.5. The Morgan fingerprint density at radius 2 is 1.78 bits per heavy atom. The standard InChI is InChI=1S/C16H11ClFN5/c17-12-5-1-10(2-6-12)14-9-15(11-3-7-13(18)8-4-11)23-16(19-14)20-21-22-23/h1-9,15H,(H,19,20,22)/t15-/m0/s1. The van der Waals surface area contributed by atoms with E-state index in [1.807, 2.05) is 30.3 Å². The Morgan fingerprint density at radius 3 is 2.52 bits per heavy atom. The fraction of sp³-hybridized carbons (Fsp3) is 0.0625. The van der Waals surface area contributed by atoms with Crippen LogP contribution in [0.3, 0.4) is 0 Å². The Hall–Kier alpha value is -2.73. The molecule has 23 heavy (non-hydrogen) atoms. The van der Waals surface area contributed by atoms with Crippen LogP contribution in [0.2, 0.25) is 5.02 Å². The molecule has 0 aliphatic carbocycles. The summed E-state index contributed by atoms with van der Waals surface area (Å²) in [4.78, 5) is 0. The summed E-state index contributed by atoms with van der Waals surface area (Å²) in [5, 5.41) is 15.6. The van der Waals surface area contributed by atoms with Crippen LogP contribution in [0.1, 0.15) is 17.2 Å². The Kier molecular flexibility index (Phi) is 3.31. The molecule has 0 saturated carbocycles. The first kappa shape index (κ1) is 13.9. The molecule has 0 fully saturated rings. The van der Waals surface area contributed by atoms with Crippen LogP contribution in [-0.4, -0.2) is 20.2 Å². The fourth-order valence-electron chi connectivity index (χ4n) is 2.55. The van der Waals surface area contributed by atoms with Crippen molar-refractivity contribution in [2.45, 2.75) is 6.04 Å². The Labute approximate surface area is 136 Å². The van der Waals surface area contributed by atoms with E-state index in [-0.39, 0.29) is 11.9 Å². The Bertz CT molecular complexity index is 870. The molecular formula is C16H11ClFN5. The number of tetrazole rings is 1. The summed E-state index contributed by atoms with van der Waals surface area (Å²) in [5.41, 5.74) is 2.74. The van der Waals surface area contributed by atoms with E-state index in [9.17, 15) is 4.39 Å². The molecule has 114 valence electrons. The second-order valence-corrected chi connectivity index (χ2v) is 5.59. The molecule has 3 aromatic rings. The van der Waals surface area contributed by atoms with Gasteiger partial charge in [-0.25, -0.2) is 4.39 Å². The first-order valence-corrected chi connectivity index (χ1v) is 7.36. The first-order chi connectivity index (χ1) is 11.2. The van der Waals surface area contributed by atoms with Crippen molar-refractivity contribution in [1.82, 2.24) is 20.2 Å². The molecular weight excluding hydrogens is 317 g/mol. The summed E-state index contributed by atoms with van der Waals surface area (Å²) < 4.78 is 14.8. The zero-order chi connectivity index (χ0) is 15.8. The summed E-state index contributed by atoms with van der Waals surface area (Å²) in [7, 11) is 0. The van der Waals surface area contributed by atoms with Gasteiger partial charge in [-0.3, -0.25) is 0 Å². The molecule has 0 saturated heterocycles. The maximum Gasteiger partial charge on any atom is 0.248 e. The van der Waals surface area contributed by atoms with E-state index in [1.165, 1.54) is 12.1 Å². The number of fused-ring (bicyclic) bond motifs is 1. The molecule has 0 unspecified atom stereocenters. The number of hydrogen-bond donors (Lipinski definition) is 1. The van der Waals surface area contributed by atoms with E-state index in [0.717, 1.165) is 16.8 Å². The lowest BCUT2D eigenvalue weighted by Crippen LogP contribution is -2.20. The van der Waals surface area contributed by atoms with Crippen LogP contribution >= 0.6 is 11.6 Å². The number of nitrogens with zero attached hydrogens (tertiary/aromatic N) is 4. The third-order valence-electron chi connectivity index (χ3n) is 3.69. The van der Waals surface area contributed by atoms with Crippen LogP contribution in [0.5, 0.6) is 0 Å². The van der Waals surface area contributed by atoms with Gasteiger partial charge < -0.3 is 5.32 Å². The molecule has 7 heteroatoms. The number of anilines is 1. The van der Waals surface area contributed by atoms with Gasteiger partial charge >= 0.3 is 0 Å². The molecule has 1 aliphatic heterocycles. The van der Waals surface area contributed by atoms with E-state index < -0.39 is 0 Å². The highest BCUT2D eigenvalue weighted by Gasteiger charge is 2.24. The van der Waals surface area contributed by atoms with Crippen molar-refractivity contribution in [2.75, 3.05) is 5.32 Å². The van der Waals surface area contributed by atoms with Gasteiger partial charge in [0, 0.05) is 10.7 Å². The lowest BCUT2D eigenvalue weighted by atomic mass is 10.0. The lowest BCUT2D eigenvalue weighted by molar-refractivity contribution is 0.582. The molecule has 1 aliphatic rings. The van der Waals surface area contributed by atoms with Crippen LogP contribution in [0.25, 0.3) is 5.70 Å². The number of benzene rings is 2. The maximum absolute atomic E-state index is 13.2. The summed E-state index contributed by atoms with van der Waals surface area (Å²) in [6.45, 7) is 0. The van der Waals surface area contributed by atoms with Crippen LogP contribution in [-0.2, 0) is 0 Å². The van der Waals surface area contributed by atoms with E-state index in [2.05, 4.69) is 20.8 Å². The Morgan fingerprint density at radius 1 is 1.04 bits per heavy atom. The topological polar surface area (TPSA) is 55.6 Å². The normalized spacial score (nSPS) is 16.4. The quantitative estimate of drug-likeness (QED) is 0.782. The van der Waals surface area contributed by atoms with Gasteiger partial charge in [-0.2, -0.15) is 4.68 Å². The highest BCUT2D eigenvalue weighted by Crippen LogP contribution is 2.31. The van der Waals surface area contributed by atoms with Crippen molar-refractivity contribution >= 4 is 23.2 Å². The van der Waals surface area contributed by atoms with Gasteiger partial charge in [0.2, 0.25) is 5.95 Å². The zero-order valence-corrected chi connectivity index (χ0v) is 12.6. The van der Waals surface area contributed by atoms with Crippen molar-refractivity contribution in [1.29, 1.82) is 0 Å². The second-order valence-electron chi connectivity index (χ2n) is 5.16. The van der Waals surface area contributed by atoms with Crippen molar-refractivity contribution in [3.8, 4) is 0 Å². The predicted molar refractivity (Wildman–Crippen MR) is 85.4 cm³/mol. The van der Waals surface area contributed by atoms with Gasteiger partial charge in [-0.05, 0) is 51.9 Å². The largest absolute Gasteiger partial charge is 0.323 e. The van der Waals surface area contributed by atoms with E-state index >= 15 is 0 Å². The lowest BCUT2D eigenvalue weighted by Gasteiger charge is -2.23. The average molecular weight is 328 g/mol.